The van der Waals surface area contributed by atoms with Gasteiger partial charge in [-0.2, -0.15) is 0 Å². The summed E-state index contributed by atoms with van der Waals surface area (Å²) in [6, 6.07) is 20.1. The predicted molar refractivity (Wildman–Crippen MR) is 124 cm³/mol. The summed E-state index contributed by atoms with van der Waals surface area (Å²) in [7, 11) is 0. The molecule has 1 aliphatic rings. The number of carbonyl (C=O) groups excluding carboxylic acids is 1. The number of benzene rings is 2. The molecule has 0 spiro atoms. The maximum atomic E-state index is 13.2. The molecule has 1 amide bonds. The van der Waals surface area contributed by atoms with Crippen LogP contribution in [-0.2, 0) is 13.1 Å². The van der Waals surface area contributed by atoms with E-state index in [2.05, 4.69) is 48.3 Å². The molecule has 0 radical (unpaired) electrons. The minimum Gasteiger partial charge on any atom is -0.331 e. The van der Waals surface area contributed by atoms with E-state index in [-0.39, 0.29) is 11.5 Å². The third kappa shape index (κ3) is 3.64. The molecule has 0 aliphatic carbocycles. The van der Waals surface area contributed by atoms with Crippen molar-refractivity contribution >= 4 is 5.91 Å². The number of amides is 1. The van der Waals surface area contributed by atoms with Crippen LogP contribution >= 0.6 is 0 Å². The third-order valence-corrected chi connectivity index (χ3v) is 5.90. The average Bonchev–Trinajstić information content (AvgIpc) is 3.22. The number of nitrogens with zero attached hydrogens (tertiary/aromatic N) is 4. The number of hydrogen-bond donors (Lipinski definition) is 0. The summed E-state index contributed by atoms with van der Waals surface area (Å²) in [6.07, 6.45) is 3.43. The molecule has 5 rings (SSSR count). The summed E-state index contributed by atoms with van der Waals surface area (Å²) in [5.41, 5.74) is 6.17. The molecule has 6 nitrogen and oxygen atoms in total. The maximum absolute atomic E-state index is 13.2. The van der Waals surface area contributed by atoms with Crippen molar-refractivity contribution < 1.29 is 4.79 Å². The second-order valence-electron chi connectivity index (χ2n) is 8.28. The maximum Gasteiger partial charge on any atom is 0.275 e. The van der Waals surface area contributed by atoms with E-state index in [4.69, 9.17) is 0 Å². The molecule has 0 N–H and O–H groups in total. The Morgan fingerprint density at radius 3 is 2.44 bits per heavy atom. The van der Waals surface area contributed by atoms with Gasteiger partial charge in [-0.25, -0.2) is 4.98 Å². The minimum absolute atomic E-state index is 0.123. The van der Waals surface area contributed by atoms with Crippen LogP contribution in [0.15, 0.2) is 78.0 Å². The minimum atomic E-state index is -0.172. The second-order valence-corrected chi connectivity index (χ2v) is 8.28. The van der Waals surface area contributed by atoms with E-state index in [1.165, 1.54) is 5.56 Å². The Labute approximate surface area is 186 Å². The standard InChI is InChI=1S/C26H24N4O2/c1-18-5-3-7-21(13-18)22-8-4-6-20(14-22)16-28-11-12-30-24(25(28)31)10-9-23(26(30)32)29-15-19(2)27-17-29/h3-10,13-15,17H,11-12,16H2,1-2H3. The lowest BCUT2D eigenvalue weighted by Crippen LogP contribution is -2.44. The zero-order valence-corrected chi connectivity index (χ0v) is 18.2. The molecule has 0 bridgehead atoms. The molecule has 0 unspecified atom stereocenters. The van der Waals surface area contributed by atoms with Crippen molar-refractivity contribution in [2.45, 2.75) is 26.9 Å². The van der Waals surface area contributed by atoms with Crippen molar-refractivity contribution in [1.29, 1.82) is 0 Å². The van der Waals surface area contributed by atoms with Crippen LogP contribution in [0.2, 0.25) is 0 Å². The highest BCUT2D eigenvalue weighted by Crippen LogP contribution is 2.23. The fourth-order valence-corrected chi connectivity index (χ4v) is 4.25. The zero-order chi connectivity index (χ0) is 22.2. The first kappa shape index (κ1) is 20.0. The van der Waals surface area contributed by atoms with Gasteiger partial charge in [-0.05, 0) is 48.7 Å². The van der Waals surface area contributed by atoms with Gasteiger partial charge in [0.2, 0.25) is 0 Å². The lowest BCUT2D eigenvalue weighted by Gasteiger charge is -2.30. The molecule has 1 aliphatic heterocycles. The molecule has 0 atom stereocenters. The molecule has 4 aromatic rings. The topological polar surface area (TPSA) is 60.1 Å². The van der Waals surface area contributed by atoms with Crippen LogP contribution in [0.5, 0.6) is 0 Å². The van der Waals surface area contributed by atoms with Crippen LogP contribution in [0.25, 0.3) is 16.8 Å². The van der Waals surface area contributed by atoms with E-state index < -0.39 is 0 Å². The van der Waals surface area contributed by atoms with Crippen LogP contribution in [0.3, 0.4) is 0 Å². The summed E-state index contributed by atoms with van der Waals surface area (Å²) in [5.74, 6) is -0.123. The van der Waals surface area contributed by atoms with Gasteiger partial charge in [-0.1, -0.05) is 48.0 Å². The van der Waals surface area contributed by atoms with Crippen molar-refractivity contribution in [1.82, 2.24) is 19.0 Å². The van der Waals surface area contributed by atoms with Crippen LogP contribution in [-0.4, -0.2) is 31.5 Å². The van der Waals surface area contributed by atoms with E-state index in [0.717, 1.165) is 22.4 Å². The fourth-order valence-electron chi connectivity index (χ4n) is 4.25. The number of aromatic nitrogens is 3. The molecule has 0 fully saturated rings. The summed E-state index contributed by atoms with van der Waals surface area (Å²) in [5, 5.41) is 0. The van der Waals surface area contributed by atoms with Gasteiger partial charge in [-0.3, -0.25) is 9.59 Å². The van der Waals surface area contributed by atoms with E-state index in [9.17, 15) is 9.59 Å². The Morgan fingerprint density at radius 1 is 0.906 bits per heavy atom. The Balaban J connectivity index is 1.40. The molecule has 32 heavy (non-hydrogen) atoms. The van der Waals surface area contributed by atoms with Crippen molar-refractivity contribution in [3.05, 3.63) is 106 Å². The molecule has 2 aromatic heterocycles. The lowest BCUT2D eigenvalue weighted by molar-refractivity contribution is 0.0686. The summed E-state index contributed by atoms with van der Waals surface area (Å²) in [6.45, 7) is 5.43. The first-order chi connectivity index (χ1) is 15.5. The van der Waals surface area contributed by atoms with Crippen molar-refractivity contribution in [3.63, 3.8) is 0 Å². The van der Waals surface area contributed by atoms with Gasteiger partial charge in [0.05, 0.1) is 12.0 Å². The normalized spacial score (nSPS) is 13.3. The second kappa shape index (κ2) is 7.96. The molecule has 160 valence electrons. The highest BCUT2D eigenvalue weighted by atomic mass is 16.2. The van der Waals surface area contributed by atoms with Crippen LogP contribution in [0, 0.1) is 13.8 Å². The number of rotatable bonds is 4. The smallest absolute Gasteiger partial charge is 0.275 e. The van der Waals surface area contributed by atoms with Crippen LogP contribution in [0.4, 0.5) is 0 Å². The summed E-state index contributed by atoms with van der Waals surface area (Å²) >= 11 is 0. The van der Waals surface area contributed by atoms with Gasteiger partial charge in [0.1, 0.15) is 11.4 Å². The Kier molecular flexibility index (Phi) is 4.98. The first-order valence-corrected chi connectivity index (χ1v) is 10.7. The SMILES string of the molecule is Cc1cccc(-c2cccc(CN3CCn4c(ccc(-n5cnc(C)c5)c4=O)C3=O)c2)c1. The molecule has 0 saturated carbocycles. The molecule has 3 heterocycles. The van der Waals surface area contributed by atoms with Gasteiger partial charge < -0.3 is 14.0 Å². The van der Waals surface area contributed by atoms with Gasteiger partial charge in [-0.15, -0.1) is 0 Å². The van der Waals surface area contributed by atoms with E-state index in [0.29, 0.717) is 31.0 Å². The summed E-state index contributed by atoms with van der Waals surface area (Å²) < 4.78 is 3.28. The van der Waals surface area contributed by atoms with Gasteiger partial charge in [0.15, 0.2) is 0 Å². The Hall–Kier alpha value is -3.93. The highest BCUT2D eigenvalue weighted by Gasteiger charge is 2.26. The van der Waals surface area contributed by atoms with Crippen molar-refractivity contribution in [2.24, 2.45) is 0 Å². The molecule has 2 aromatic carbocycles. The zero-order valence-electron chi connectivity index (χ0n) is 18.2. The van der Waals surface area contributed by atoms with Crippen molar-refractivity contribution in [3.8, 4) is 16.8 Å². The fraction of sp³-hybridized carbons (Fsp3) is 0.192. The quantitative estimate of drug-likeness (QED) is 0.498. The van der Waals surface area contributed by atoms with E-state index in [1.54, 1.807) is 27.6 Å². The number of fused-ring (bicyclic) bond motifs is 1. The molecule has 6 heteroatoms. The monoisotopic (exact) mass is 424 g/mol. The number of carbonyl (C=O) groups is 1. The highest BCUT2D eigenvalue weighted by molar-refractivity contribution is 5.93. The van der Waals surface area contributed by atoms with Crippen LogP contribution < -0.4 is 5.56 Å². The van der Waals surface area contributed by atoms with E-state index in [1.807, 2.05) is 30.2 Å². The van der Waals surface area contributed by atoms with Crippen LogP contribution in [0.1, 0.15) is 27.3 Å². The largest absolute Gasteiger partial charge is 0.331 e. The predicted octanol–water partition coefficient (Wildman–Crippen LogP) is 3.97. The molecular formula is C26H24N4O2. The van der Waals surface area contributed by atoms with Crippen molar-refractivity contribution in [2.75, 3.05) is 6.54 Å². The summed E-state index contributed by atoms with van der Waals surface area (Å²) in [4.78, 5) is 32.2. The van der Waals surface area contributed by atoms with Gasteiger partial charge >= 0.3 is 0 Å². The molecular weight excluding hydrogens is 400 g/mol. The number of pyridine rings is 1. The van der Waals surface area contributed by atoms with Gasteiger partial charge in [0, 0.05) is 25.8 Å². The third-order valence-electron chi connectivity index (χ3n) is 5.90. The average molecular weight is 425 g/mol. The molecule has 0 saturated heterocycles. The van der Waals surface area contributed by atoms with E-state index >= 15 is 0 Å². The number of aryl methyl sites for hydroxylation is 2. The lowest BCUT2D eigenvalue weighted by atomic mass is 10.0. The van der Waals surface area contributed by atoms with Gasteiger partial charge in [0.25, 0.3) is 11.5 Å². The Bertz CT molecular complexity index is 1380. The first-order valence-electron chi connectivity index (χ1n) is 10.7. The Morgan fingerprint density at radius 2 is 1.69 bits per heavy atom. The number of imidazole rings is 1. The number of hydrogen-bond acceptors (Lipinski definition) is 3.